The third-order valence-electron chi connectivity index (χ3n) is 4.61. The van der Waals surface area contributed by atoms with Crippen LogP contribution in [0.5, 0.6) is 0 Å². The second-order valence-electron chi connectivity index (χ2n) is 6.76. The normalized spacial score (nSPS) is 13.6. The molecule has 4 rings (SSSR count). The van der Waals surface area contributed by atoms with Crippen LogP contribution in [-0.4, -0.2) is 44.8 Å². The molecule has 3 heterocycles. The predicted octanol–water partition coefficient (Wildman–Crippen LogP) is 2.49. The van der Waals surface area contributed by atoms with Gasteiger partial charge >= 0.3 is 0 Å². The number of hydrogen-bond donors (Lipinski definition) is 2. The minimum absolute atomic E-state index is 0.0385. The summed E-state index contributed by atoms with van der Waals surface area (Å²) >= 11 is 1.43. The summed E-state index contributed by atoms with van der Waals surface area (Å²) in [5, 5.41) is 6.29. The van der Waals surface area contributed by atoms with Crippen LogP contribution in [0.1, 0.15) is 26.6 Å². The highest BCUT2D eigenvalue weighted by Crippen LogP contribution is 2.28. The molecule has 0 saturated carbocycles. The first-order chi connectivity index (χ1) is 14.1. The third-order valence-corrected chi connectivity index (χ3v) is 5.61. The molecule has 0 radical (unpaired) electrons. The van der Waals surface area contributed by atoms with Gasteiger partial charge in [0.2, 0.25) is 5.91 Å². The SMILES string of the molecule is Cc1ccccc1NC(=O)CN1CCc2nc(NC(=O)c3cnccn3)sc2C1. The number of hydrogen-bond acceptors (Lipinski definition) is 7. The molecule has 2 aromatic heterocycles. The van der Waals surface area contributed by atoms with Crippen molar-refractivity contribution in [2.75, 3.05) is 23.7 Å². The average molecular weight is 408 g/mol. The minimum Gasteiger partial charge on any atom is -0.325 e. The van der Waals surface area contributed by atoms with Gasteiger partial charge in [0.25, 0.3) is 5.91 Å². The Labute approximate surface area is 172 Å². The molecule has 0 saturated heterocycles. The molecule has 0 spiro atoms. The van der Waals surface area contributed by atoms with Crippen molar-refractivity contribution >= 4 is 34.0 Å². The van der Waals surface area contributed by atoms with Crippen molar-refractivity contribution in [2.45, 2.75) is 19.9 Å². The maximum absolute atomic E-state index is 12.4. The zero-order valence-corrected chi connectivity index (χ0v) is 16.7. The molecule has 9 heteroatoms. The van der Waals surface area contributed by atoms with Crippen molar-refractivity contribution in [3.05, 3.63) is 64.7 Å². The van der Waals surface area contributed by atoms with Gasteiger partial charge in [-0.05, 0) is 18.6 Å². The quantitative estimate of drug-likeness (QED) is 0.673. The first kappa shape index (κ1) is 19.2. The number of fused-ring (bicyclic) bond motifs is 1. The van der Waals surface area contributed by atoms with Crippen molar-refractivity contribution in [1.29, 1.82) is 0 Å². The summed E-state index contributed by atoms with van der Waals surface area (Å²) in [6, 6.07) is 7.72. The number of thiazole rings is 1. The molecule has 1 aliphatic heterocycles. The van der Waals surface area contributed by atoms with Crippen LogP contribution in [0.4, 0.5) is 10.8 Å². The minimum atomic E-state index is -0.335. The number of rotatable bonds is 5. The van der Waals surface area contributed by atoms with Crippen molar-refractivity contribution in [3.63, 3.8) is 0 Å². The lowest BCUT2D eigenvalue weighted by Crippen LogP contribution is -2.36. The Hall–Kier alpha value is -3.17. The lowest BCUT2D eigenvalue weighted by atomic mass is 10.1. The van der Waals surface area contributed by atoms with Gasteiger partial charge in [0.1, 0.15) is 5.69 Å². The van der Waals surface area contributed by atoms with Gasteiger partial charge in [-0.15, -0.1) is 11.3 Å². The van der Waals surface area contributed by atoms with Gasteiger partial charge in [-0.1, -0.05) is 18.2 Å². The summed E-state index contributed by atoms with van der Waals surface area (Å²) < 4.78 is 0. The van der Waals surface area contributed by atoms with E-state index in [0.29, 0.717) is 18.2 Å². The predicted molar refractivity (Wildman–Crippen MR) is 111 cm³/mol. The van der Waals surface area contributed by atoms with E-state index in [-0.39, 0.29) is 17.5 Å². The van der Waals surface area contributed by atoms with Gasteiger partial charge in [0.05, 0.1) is 18.4 Å². The van der Waals surface area contributed by atoms with Crippen LogP contribution in [0.2, 0.25) is 0 Å². The van der Waals surface area contributed by atoms with E-state index in [9.17, 15) is 9.59 Å². The van der Waals surface area contributed by atoms with E-state index < -0.39 is 0 Å². The van der Waals surface area contributed by atoms with Crippen LogP contribution in [0.3, 0.4) is 0 Å². The maximum Gasteiger partial charge on any atom is 0.277 e. The van der Waals surface area contributed by atoms with Gasteiger partial charge in [-0.3, -0.25) is 24.8 Å². The highest BCUT2D eigenvalue weighted by atomic mass is 32.1. The summed E-state index contributed by atoms with van der Waals surface area (Å²) in [5.74, 6) is -0.373. The molecule has 0 atom stereocenters. The van der Waals surface area contributed by atoms with Crippen molar-refractivity contribution in [3.8, 4) is 0 Å². The van der Waals surface area contributed by atoms with Crippen LogP contribution in [0.25, 0.3) is 0 Å². The number of para-hydroxylation sites is 1. The maximum atomic E-state index is 12.4. The molecule has 0 bridgehead atoms. The standard InChI is InChI=1S/C20H20N6O2S/c1-13-4-2-3-5-14(13)23-18(27)12-26-9-6-15-17(11-26)29-20(24-15)25-19(28)16-10-21-7-8-22-16/h2-5,7-8,10H,6,9,11-12H2,1H3,(H,23,27)(H,24,25,28). The van der Waals surface area contributed by atoms with Crippen LogP contribution < -0.4 is 10.6 Å². The van der Waals surface area contributed by atoms with E-state index >= 15 is 0 Å². The van der Waals surface area contributed by atoms with Gasteiger partial charge < -0.3 is 5.32 Å². The largest absolute Gasteiger partial charge is 0.325 e. The van der Waals surface area contributed by atoms with E-state index in [1.165, 1.54) is 29.9 Å². The summed E-state index contributed by atoms with van der Waals surface area (Å²) in [6.07, 6.45) is 5.15. The van der Waals surface area contributed by atoms with Crippen molar-refractivity contribution in [2.24, 2.45) is 0 Å². The van der Waals surface area contributed by atoms with E-state index in [0.717, 1.165) is 34.8 Å². The van der Waals surface area contributed by atoms with Crippen LogP contribution >= 0.6 is 11.3 Å². The molecule has 3 aromatic rings. The highest BCUT2D eigenvalue weighted by molar-refractivity contribution is 7.15. The molecule has 0 aliphatic carbocycles. The molecule has 8 nitrogen and oxygen atoms in total. The number of nitrogens with zero attached hydrogens (tertiary/aromatic N) is 4. The van der Waals surface area contributed by atoms with Crippen LogP contribution in [0.15, 0.2) is 42.9 Å². The number of aryl methyl sites for hydroxylation is 1. The highest BCUT2D eigenvalue weighted by Gasteiger charge is 2.23. The van der Waals surface area contributed by atoms with Gasteiger partial charge in [-0.25, -0.2) is 9.97 Å². The fourth-order valence-corrected chi connectivity index (χ4v) is 4.17. The molecule has 0 unspecified atom stereocenters. The number of anilines is 2. The zero-order valence-electron chi connectivity index (χ0n) is 15.9. The Morgan fingerprint density at radius 2 is 2.07 bits per heavy atom. The lowest BCUT2D eigenvalue weighted by Gasteiger charge is -2.25. The third kappa shape index (κ3) is 4.64. The smallest absolute Gasteiger partial charge is 0.277 e. The van der Waals surface area contributed by atoms with Gasteiger partial charge in [-0.2, -0.15) is 0 Å². The molecular formula is C20H20N6O2S. The molecule has 1 aromatic carbocycles. The fourth-order valence-electron chi connectivity index (χ4n) is 3.12. The molecule has 29 heavy (non-hydrogen) atoms. The van der Waals surface area contributed by atoms with Crippen LogP contribution in [0, 0.1) is 6.92 Å². The first-order valence-corrected chi connectivity index (χ1v) is 10.0. The molecular weight excluding hydrogens is 388 g/mol. The van der Waals surface area contributed by atoms with Gasteiger partial charge in [0, 0.05) is 42.5 Å². The Balaban J connectivity index is 1.36. The lowest BCUT2D eigenvalue weighted by molar-refractivity contribution is -0.117. The van der Waals surface area contributed by atoms with Crippen molar-refractivity contribution < 1.29 is 9.59 Å². The number of carbonyl (C=O) groups excluding carboxylic acids is 2. The topological polar surface area (TPSA) is 100 Å². The van der Waals surface area contributed by atoms with E-state index in [4.69, 9.17) is 0 Å². The molecule has 2 amide bonds. The summed E-state index contributed by atoms with van der Waals surface area (Å²) in [5.41, 5.74) is 3.09. The van der Waals surface area contributed by atoms with Gasteiger partial charge in [0.15, 0.2) is 5.13 Å². The van der Waals surface area contributed by atoms with E-state index in [1.807, 2.05) is 31.2 Å². The molecule has 0 fully saturated rings. The summed E-state index contributed by atoms with van der Waals surface area (Å²) in [4.78, 5) is 40.2. The second kappa shape index (κ2) is 8.46. The molecule has 2 N–H and O–H groups in total. The number of nitrogens with one attached hydrogen (secondary N) is 2. The van der Waals surface area contributed by atoms with Crippen LogP contribution in [-0.2, 0) is 17.8 Å². The molecule has 148 valence electrons. The Morgan fingerprint density at radius 1 is 1.21 bits per heavy atom. The zero-order chi connectivity index (χ0) is 20.2. The number of aromatic nitrogens is 3. The summed E-state index contributed by atoms with van der Waals surface area (Å²) in [6.45, 7) is 3.66. The monoisotopic (exact) mass is 408 g/mol. The summed E-state index contributed by atoms with van der Waals surface area (Å²) in [7, 11) is 0. The number of benzene rings is 1. The number of carbonyl (C=O) groups is 2. The molecule has 1 aliphatic rings. The van der Waals surface area contributed by atoms with E-state index in [1.54, 1.807) is 0 Å². The Kier molecular flexibility index (Phi) is 5.59. The van der Waals surface area contributed by atoms with Crippen molar-refractivity contribution in [1.82, 2.24) is 19.9 Å². The Bertz CT molecular complexity index is 1040. The van der Waals surface area contributed by atoms with E-state index in [2.05, 4.69) is 30.5 Å². The average Bonchev–Trinajstić information content (AvgIpc) is 3.12. The first-order valence-electron chi connectivity index (χ1n) is 9.22. The number of amides is 2. The Morgan fingerprint density at radius 3 is 2.86 bits per heavy atom. The second-order valence-corrected chi connectivity index (χ2v) is 7.84. The fraction of sp³-hybridized carbons (Fsp3) is 0.250.